The van der Waals surface area contributed by atoms with Gasteiger partial charge in [-0.2, -0.15) is 0 Å². The third-order valence-electron chi connectivity index (χ3n) is 5.07. The van der Waals surface area contributed by atoms with Gasteiger partial charge in [-0.15, -0.1) is 4.83 Å². The van der Waals surface area contributed by atoms with Gasteiger partial charge in [-0.05, 0) is 48.9 Å². The summed E-state index contributed by atoms with van der Waals surface area (Å²) in [5.41, 5.74) is 4.52. The Balaban J connectivity index is 1.75. The normalized spacial score (nSPS) is 11.0. The summed E-state index contributed by atoms with van der Waals surface area (Å²) in [5.74, 6) is -0.796. The molecule has 0 spiro atoms. The van der Waals surface area contributed by atoms with Crippen molar-refractivity contribution in [2.24, 2.45) is 0 Å². The van der Waals surface area contributed by atoms with Crippen molar-refractivity contribution in [1.29, 1.82) is 0 Å². The monoisotopic (exact) mass is 513 g/mol. The number of hydrogen-bond donors (Lipinski definition) is 3. The van der Waals surface area contributed by atoms with Crippen molar-refractivity contribution in [2.45, 2.75) is 18.4 Å². The maximum atomic E-state index is 12.9. The van der Waals surface area contributed by atoms with E-state index in [-0.39, 0.29) is 27.9 Å². The lowest BCUT2D eigenvalue weighted by molar-refractivity contribution is -0.116. The van der Waals surface area contributed by atoms with Crippen LogP contribution in [0.5, 0.6) is 11.5 Å². The Bertz CT molecular complexity index is 1360. The van der Waals surface area contributed by atoms with Crippen molar-refractivity contribution in [1.82, 2.24) is 25.1 Å². The van der Waals surface area contributed by atoms with Crippen LogP contribution in [0.15, 0.2) is 66.5 Å². The number of aryl methyl sites for hydroxylation is 1. The smallest absolute Gasteiger partial charge is 0.266 e. The van der Waals surface area contributed by atoms with E-state index in [9.17, 15) is 18.0 Å². The summed E-state index contributed by atoms with van der Waals surface area (Å²) < 4.78 is 37.9. The second-order valence-corrected chi connectivity index (χ2v) is 9.25. The highest BCUT2D eigenvalue weighted by Crippen LogP contribution is 2.32. The number of amides is 2. The molecule has 3 rings (SSSR count). The fourth-order valence-corrected chi connectivity index (χ4v) is 4.55. The van der Waals surface area contributed by atoms with Gasteiger partial charge in [0, 0.05) is 30.4 Å². The van der Waals surface area contributed by atoms with Crippen LogP contribution in [-0.4, -0.2) is 50.5 Å². The first-order chi connectivity index (χ1) is 17.2. The number of imidazole rings is 1. The lowest BCUT2D eigenvalue weighted by atomic mass is 10.0. The van der Waals surface area contributed by atoms with E-state index in [1.165, 1.54) is 32.4 Å². The highest BCUT2D eigenvalue weighted by molar-refractivity contribution is 7.89. The van der Waals surface area contributed by atoms with Crippen molar-refractivity contribution in [3.63, 3.8) is 0 Å². The molecule has 0 aliphatic heterocycles. The molecular formula is C24H27N5O6S. The number of carbonyl (C=O) groups excluding carboxylic acids is 2. The number of carbonyl (C=O) groups is 2. The molecule has 0 aliphatic rings. The summed E-state index contributed by atoms with van der Waals surface area (Å²) >= 11 is 0. The third kappa shape index (κ3) is 6.29. The highest BCUT2D eigenvalue weighted by Gasteiger charge is 2.25. The minimum Gasteiger partial charge on any atom is -0.495 e. The zero-order valence-electron chi connectivity index (χ0n) is 20.1. The molecule has 36 heavy (non-hydrogen) atoms. The standard InChI is InChI=1S/C24H27N5O6S/c1-5-22(30)25-9-10-29-14-19(26-15-29)17-11-16(2)12-18(13-17)24(31)27-28-36(32,33)23-20(34-3)7-6-8-21(23)35-4/h5-8,11-15,28H,1,9-10H2,2-4H3,(H,25,30)(H,27,31). The molecule has 0 saturated carbocycles. The van der Waals surface area contributed by atoms with Gasteiger partial charge in [0.05, 0.1) is 26.2 Å². The summed E-state index contributed by atoms with van der Waals surface area (Å²) in [5, 5.41) is 2.69. The number of nitrogens with one attached hydrogen (secondary N) is 3. The molecule has 1 aromatic heterocycles. The van der Waals surface area contributed by atoms with Crippen molar-refractivity contribution in [3.05, 3.63) is 72.7 Å². The van der Waals surface area contributed by atoms with Gasteiger partial charge in [0.25, 0.3) is 15.9 Å². The third-order valence-corrected chi connectivity index (χ3v) is 6.38. The molecule has 11 nitrogen and oxygen atoms in total. The van der Waals surface area contributed by atoms with E-state index in [0.717, 1.165) is 5.56 Å². The van der Waals surface area contributed by atoms with Gasteiger partial charge in [0.2, 0.25) is 5.91 Å². The molecule has 190 valence electrons. The van der Waals surface area contributed by atoms with E-state index in [4.69, 9.17) is 9.47 Å². The van der Waals surface area contributed by atoms with Gasteiger partial charge in [0.15, 0.2) is 4.90 Å². The van der Waals surface area contributed by atoms with E-state index in [1.807, 2.05) is 13.0 Å². The Morgan fingerprint density at radius 2 is 1.83 bits per heavy atom. The predicted octanol–water partition coefficient (Wildman–Crippen LogP) is 1.80. The largest absolute Gasteiger partial charge is 0.495 e. The molecule has 0 bridgehead atoms. The summed E-state index contributed by atoms with van der Waals surface area (Å²) in [7, 11) is -1.55. The fourth-order valence-electron chi connectivity index (χ4n) is 3.39. The summed E-state index contributed by atoms with van der Waals surface area (Å²) in [6.45, 7) is 6.12. The minimum absolute atomic E-state index is 0.0635. The predicted molar refractivity (Wildman–Crippen MR) is 133 cm³/mol. The van der Waals surface area contributed by atoms with Crippen LogP contribution in [0.3, 0.4) is 0 Å². The van der Waals surface area contributed by atoms with E-state index in [1.54, 1.807) is 35.3 Å². The van der Waals surface area contributed by atoms with Crippen molar-refractivity contribution < 1.29 is 27.5 Å². The van der Waals surface area contributed by atoms with Crippen molar-refractivity contribution >= 4 is 21.8 Å². The average Bonchev–Trinajstić information content (AvgIpc) is 3.35. The SMILES string of the molecule is C=CC(=O)NCCn1cnc(-c2cc(C)cc(C(=O)NNS(=O)(=O)c3c(OC)cccc3OC)c2)c1. The number of hydrogen-bond acceptors (Lipinski definition) is 7. The van der Waals surface area contributed by atoms with E-state index in [0.29, 0.717) is 24.3 Å². The molecule has 3 N–H and O–H groups in total. The molecule has 0 aliphatic carbocycles. The maximum absolute atomic E-state index is 12.9. The van der Waals surface area contributed by atoms with Crippen LogP contribution < -0.4 is 25.0 Å². The zero-order valence-corrected chi connectivity index (χ0v) is 20.9. The second kappa shape index (κ2) is 11.5. The van der Waals surface area contributed by atoms with Gasteiger partial charge < -0.3 is 19.4 Å². The molecule has 1 heterocycles. The lowest BCUT2D eigenvalue weighted by Gasteiger charge is -2.14. The first-order valence-electron chi connectivity index (χ1n) is 10.8. The Morgan fingerprint density at radius 3 is 2.47 bits per heavy atom. The van der Waals surface area contributed by atoms with Crippen LogP contribution in [0, 0.1) is 6.92 Å². The quantitative estimate of drug-likeness (QED) is 0.262. The van der Waals surface area contributed by atoms with Crippen molar-refractivity contribution in [2.75, 3.05) is 20.8 Å². The second-order valence-electron chi connectivity index (χ2n) is 7.63. The summed E-state index contributed by atoms with van der Waals surface area (Å²) in [6.07, 6.45) is 4.60. The van der Waals surface area contributed by atoms with Crippen LogP contribution in [0.2, 0.25) is 0 Å². The number of aromatic nitrogens is 2. The number of benzene rings is 2. The van der Waals surface area contributed by atoms with Gasteiger partial charge >= 0.3 is 0 Å². The fraction of sp³-hybridized carbons (Fsp3) is 0.208. The molecule has 0 atom stereocenters. The van der Waals surface area contributed by atoms with Gasteiger partial charge in [-0.1, -0.05) is 12.6 Å². The summed E-state index contributed by atoms with van der Waals surface area (Å²) in [4.78, 5) is 30.3. The number of sulfonamides is 1. The molecule has 0 saturated heterocycles. The van der Waals surface area contributed by atoms with Gasteiger partial charge in [0.1, 0.15) is 11.5 Å². The van der Waals surface area contributed by atoms with Crippen LogP contribution in [0.25, 0.3) is 11.3 Å². The first kappa shape index (κ1) is 26.4. The van der Waals surface area contributed by atoms with E-state index < -0.39 is 15.9 Å². The number of hydrazine groups is 1. The Morgan fingerprint density at radius 1 is 1.14 bits per heavy atom. The number of rotatable bonds is 11. The molecule has 12 heteroatoms. The van der Waals surface area contributed by atoms with Crippen LogP contribution in [-0.2, 0) is 21.4 Å². The Hall–Kier alpha value is -4.16. The molecule has 0 unspecified atom stereocenters. The molecule has 0 fully saturated rings. The van der Waals surface area contributed by atoms with Crippen molar-refractivity contribution in [3.8, 4) is 22.8 Å². The first-order valence-corrected chi connectivity index (χ1v) is 12.2. The number of methoxy groups -OCH3 is 2. The average molecular weight is 514 g/mol. The lowest BCUT2D eigenvalue weighted by Crippen LogP contribution is -2.41. The maximum Gasteiger partial charge on any atom is 0.266 e. The Labute approximate surface area is 209 Å². The number of nitrogens with zero attached hydrogens (tertiary/aromatic N) is 2. The number of ether oxygens (including phenoxy) is 2. The van der Waals surface area contributed by atoms with Crippen LogP contribution >= 0.6 is 0 Å². The summed E-state index contributed by atoms with van der Waals surface area (Å²) in [6, 6.07) is 9.61. The van der Waals surface area contributed by atoms with Crippen LogP contribution in [0.4, 0.5) is 0 Å². The molecule has 0 radical (unpaired) electrons. The van der Waals surface area contributed by atoms with Gasteiger partial charge in [-0.25, -0.2) is 13.4 Å². The minimum atomic E-state index is -4.22. The molecule has 2 aromatic carbocycles. The molecule has 2 amide bonds. The topological polar surface area (TPSA) is 141 Å². The van der Waals surface area contributed by atoms with Crippen LogP contribution in [0.1, 0.15) is 15.9 Å². The van der Waals surface area contributed by atoms with E-state index >= 15 is 0 Å². The molecule has 3 aromatic rings. The molecular weight excluding hydrogens is 486 g/mol. The zero-order chi connectivity index (χ0) is 26.3. The van der Waals surface area contributed by atoms with Gasteiger partial charge in [-0.3, -0.25) is 15.0 Å². The Kier molecular flexibility index (Phi) is 8.46. The van der Waals surface area contributed by atoms with E-state index in [2.05, 4.69) is 27.1 Å². The highest BCUT2D eigenvalue weighted by atomic mass is 32.2.